The molecule has 3 N–H and O–H groups in total. The zero-order chi connectivity index (χ0) is 18.4. The maximum absolute atomic E-state index is 12.6. The predicted molar refractivity (Wildman–Crippen MR) is 107 cm³/mol. The van der Waals surface area contributed by atoms with Crippen LogP contribution >= 0.6 is 12.4 Å². The average molecular weight is 398 g/mol. The van der Waals surface area contributed by atoms with Crippen molar-refractivity contribution in [3.8, 4) is 0 Å². The Morgan fingerprint density at radius 1 is 1.00 bits per heavy atom. The highest BCUT2D eigenvalue weighted by atomic mass is 35.5. The van der Waals surface area contributed by atoms with Crippen LogP contribution in [0.15, 0.2) is 47.4 Å². The summed E-state index contributed by atoms with van der Waals surface area (Å²) >= 11 is 0. The van der Waals surface area contributed by atoms with Gasteiger partial charge in [0.2, 0.25) is 0 Å². The van der Waals surface area contributed by atoms with Crippen LogP contribution in [-0.2, 0) is 10.0 Å². The highest BCUT2D eigenvalue weighted by molar-refractivity contribution is 7.92. The third kappa shape index (κ3) is 5.45. The van der Waals surface area contributed by atoms with E-state index in [2.05, 4.69) is 15.4 Å². The molecule has 26 heavy (non-hydrogen) atoms. The van der Waals surface area contributed by atoms with E-state index < -0.39 is 10.0 Å². The molecule has 0 radical (unpaired) electrons. The molecule has 0 saturated heterocycles. The summed E-state index contributed by atoms with van der Waals surface area (Å²) in [6.07, 6.45) is 0. The Morgan fingerprint density at radius 2 is 1.69 bits per heavy atom. The number of halogens is 1. The highest BCUT2D eigenvalue weighted by Gasteiger charge is 2.18. The fourth-order valence-corrected chi connectivity index (χ4v) is 3.46. The number of carbonyl (C=O) groups is 1. The van der Waals surface area contributed by atoms with Crippen LogP contribution < -0.4 is 15.4 Å². The van der Waals surface area contributed by atoms with Gasteiger partial charge < -0.3 is 10.6 Å². The number of nitrogens with one attached hydrogen (secondary N) is 3. The topological polar surface area (TPSA) is 87.3 Å². The molecule has 0 aliphatic heterocycles. The Bertz CT molecular complexity index is 870. The van der Waals surface area contributed by atoms with Crippen LogP contribution in [0.25, 0.3) is 0 Å². The summed E-state index contributed by atoms with van der Waals surface area (Å²) in [6.45, 7) is 4.70. The average Bonchev–Trinajstić information content (AvgIpc) is 2.57. The van der Waals surface area contributed by atoms with Crippen molar-refractivity contribution in [3.05, 3.63) is 59.2 Å². The van der Waals surface area contributed by atoms with Crippen molar-refractivity contribution in [2.45, 2.75) is 18.7 Å². The largest absolute Gasteiger partial charge is 0.351 e. The first-order valence-electron chi connectivity index (χ1n) is 7.97. The lowest BCUT2D eigenvalue weighted by Gasteiger charge is -2.13. The van der Waals surface area contributed by atoms with E-state index in [9.17, 15) is 13.2 Å². The number of para-hydroxylation sites is 1. The summed E-state index contributed by atoms with van der Waals surface area (Å²) < 4.78 is 27.9. The summed E-state index contributed by atoms with van der Waals surface area (Å²) in [6, 6.07) is 11.7. The Balaban J connectivity index is 0.00000338. The lowest BCUT2D eigenvalue weighted by molar-refractivity contribution is 0.0953. The number of amides is 1. The molecule has 0 bridgehead atoms. The Labute approximate surface area is 160 Å². The van der Waals surface area contributed by atoms with Crippen molar-refractivity contribution in [2.75, 3.05) is 24.9 Å². The van der Waals surface area contributed by atoms with Gasteiger partial charge in [-0.3, -0.25) is 9.52 Å². The van der Waals surface area contributed by atoms with Crippen LogP contribution in [0.5, 0.6) is 0 Å². The Morgan fingerprint density at radius 3 is 2.35 bits per heavy atom. The van der Waals surface area contributed by atoms with Gasteiger partial charge in [-0.25, -0.2) is 8.42 Å². The van der Waals surface area contributed by atoms with Gasteiger partial charge in [-0.05, 0) is 50.2 Å². The van der Waals surface area contributed by atoms with Crippen molar-refractivity contribution in [2.24, 2.45) is 0 Å². The number of hydrogen-bond acceptors (Lipinski definition) is 4. The molecule has 0 aliphatic carbocycles. The molecule has 6 nitrogen and oxygen atoms in total. The third-order valence-electron chi connectivity index (χ3n) is 3.81. The highest BCUT2D eigenvalue weighted by Crippen LogP contribution is 2.21. The van der Waals surface area contributed by atoms with E-state index in [1.54, 1.807) is 32.2 Å². The molecular formula is C18H24ClN3O3S. The van der Waals surface area contributed by atoms with Gasteiger partial charge in [0.25, 0.3) is 15.9 Å². The van der Waals surface area contributed by atoms with Crippen molar-refractivity contribution in [1.29, 1.82) is 0 Å². The van der Waals surface area contributed by atoms with Gasteiger partial charge in [-0.15, -0.1) is 12.4 Å². The quantitative estimate of drug-likeness (QED) is 0.626. The zero-order valence-corrected chi connectivity index (χ0v) is 16.6. The molecular weight excluding hydrogens is 374 g/mol. The van der Waals surface area contributed by atoms with Crippen LogP contribution in [0, 0.1) is 13.8 Å². The van der Waals surface area contributed by atoms with Gasteiger partial charge in [0.1, 0.15) is 0 Å². The third-order valence-corrected chi connectivity index (χ3v) is 5.18. The first-order chi connectivity index (χ1) is 11.8. The first-order valence-corrected chi connectivity index (χ1v) is 9.45. The van der Waals surface area contributed by atoms with Crippen LogP contribution in [-0.4, -0.2) is 34.5 Å². The van der Waals surface area contributed by atoms with E-state index >= 15 is 0 Å². The Hall–Kier alpha value is -2.09. The van der Waals surface area contributed by atoms with Gasteiger partial charge >= 0.3 is 0 Å². The SMILES string of the molecule is CNCCNC(=O)c1cc(S(=O)(=O)Nc2ccccc2C)ccc1C.Cl. The molecule has 0 atom stereocenters. The molecule has 0 saturated carbocycles. The van der Waals surface area contributed by atoms with Crippen molar-refractivity contribution < 1.29 is 13.2 Å². The smallest absolute Gasteiger partial charge is 0.261 e. The van der Waals surface area contributed by atoms with Crippen LogP contribution in [0.1, 0.15) is 21.5 Å². The summed E-state index contributed by atoms with van der Waals surface area (Å²) in [7, 11) is -1.98. The van der Waals surface area contributed by atoms with Gasteiger partial charge in [0, 0.05) is 18.7 Å². The van der Waals surface area contributed by atoms with Crippen molar-refractivity contribution in [1.82, 2.24) is 10.6 Å². The minimum absolute atomic E-state index is 0. The van der Waals surface area contributed by atoms with Crippen molar-refractivity contribution >= 4 is 34.0 Å². The minimum atomic E-state index is -3.78. The molecule has 0 unspecified atom stereocenters. The molecule has 0 heterocycles. The first kappa shape index (κ1) is 22.0. The summed E-state index contributed by atoms with van der Waals surface area (Å²) in [5.41, 5.74) is 2.41. The lowest BCUT2D eigenvalue weighted by Crippen LogP contribution is -2.31. The number of hydrogen-bond donors (Lipinski definition) is 3. The van der Waals surface area contributed by atoms with Crippen LogP contribution in [0.4, 0.5) is 5.69 Å². The second-order valence-corrected chi connectivity index (χ2v) is 7.44. The number of anilines is 1. The molecule has 0 spiro atoms. The van der Waals surface area contributed by atoms with Crippen LogP contribution in [0.2, 0.25) is 0 Å². The van der Waals surface area contributed by atoms with E-state index in [1.165, 1.54) is 12.1 Å². The van der Waals surface area contributed by atoms with E-state index in [0.717, 1.165) is 11.1 Å². The standard InChI is InChI=1S/C18H23N3O3S.ClH/c1-13-8-9-15(12-16(13)18(22)20-11-10-19-3)25(23,24)21-17-7-5-4-6-14(17)2;/h4-9,12,19,21H,10-11H2,1-3H3,(H,20,22);1H. The molecule has 1 amide bonds. The van der Waals surface area contributed by atoms with Gasteiger partial charge in [-0.1, -0.05) is 24.3 Å². The fourth-order valence-electron chi connectivity index (χ4n) is 2.30. The number of sulfonamides is 1. The number of rotatable bonds is 7. The molecule has 142 valence electrons. The molecule has 0 fully saturated rings. The number of likely N-dealkylation sites (N-methyl/N-ethyl adjacent to an activating group) is 1. The molecule has 2 aromatic rings. The summed E-state index contributed by atoms with van der Waals surface area (Å²) in [5.74, 6) is -0.291. The predicted octanol–water partition coefficient (Wildman–Crippen LogP) is 2.48. The second kappa shape index (κ2) is 9.56. The van der Waals surface area contributed by atoms with Gasteiger partial charge in [-0.2, -0.15) is 0 Å². The lowest BCUT2D eigenvalue weighted by atomic mass is 10.1. The summed E-state index contributed by atoms with van der Waals surface area (Å²) in [4.78, 5) is 12.3. The molecule has 0 aliphatic rings. The normalized spacial score (nSPS) is 10.7. The molecule has 2 aromatic carbocycles. The van der Waals surface area contributed by atoms with Gasteiger partial charge in [0.15, 0.2) is 0 Å². The fraction of sp³-hybridized carbons (Fsp3) is 0.278. The van der Waals surface area contributed by atoms with E-state index in [1.807, 2.05) is 19.1 Å². The maximum Gasteiger partial charge on any atom is 0.261 e. The molecule has 2 rings (SSSR count). The monoisotopic (exact) mass is 397 g/mol. The second-order valence-electron chi connectivity index (χ2n) is 5.76. The molecule has 0 aromatic heterocycles. The van der Waals surface area contributed by atoms with Crippen LogP contribution in [0.3, 0.4) is 0 Å². The minimum Gasteiger partial charge on any atom is -0.351 e. The van der Waals surface area contributed by atoms with Gasteiger partial charge in [0.05, 0.1) is 10.6 Å². The molecule has 8 heteroatoms. The van der Waals surface area contributed by atoms with E-state index in [-0.39, 0.29) is 23.2 Å². The van der Waals surface area contributed by atoms with E-state index in [0.29, 0.717) is 24.3 Å². The Kier molecular flexibility index (Phi) is 8.08. The zero-order valence-electron chi connectivity index (χ0n) is 15.0. The number of carbonyl (C=O) groups excluding carboxylic acids is 1. The maximum atomic E-state index is 12.6. The number of benzene rings is 2. The van der Waals surface area contributed by atoms with E-state index in [4.69, 9.17) is 0 Å². The summed E-state index contributed by atoms with van der Waals surface area (Å²) in [5, 5.41) is 5.70. The number of aryl methyl sites for hydroxylation is 2. The van der Waals surface area contributed by atoms with Crippen molar-refractivity contribution in [3.63, 3.8) is 0 Å².